The first kappa shape index (κ1) is 22.0. The second kappa shape index (κ2) is 9.40. The summed E-state index contributed by atoms with van der Waals surface area (Å²) in [6.07, 6.45) is 2.90. The number of carbonyl (C=O) groups excluding carboxylic acids is 2. The smallest absolute Gasteiger partial charge is 0.251 e. The molecule has 8 heteroatoms. The number of piperidine rings is 1. The quantitative estimate of drug-likeness (QED) is 0.702. The van der Waals surface area contributed by atoms with E-state index in [0.717, 1.165) is 24.8 Å². The van der Waals surface area contributed by atoms with E-state index in [0.29, 0.717) is 6.54 Å². The van der Waals surface area contributed by atoms with Gasteiger partial charge in [0, 0.05) is 24.6 Å². The molecule has 1 aliphatic heterocycles. The summed E-state index contributed by atoms with van der Waals surface area (Å²) in [5.41, 5.74) is 6.49. The van der Waals surface area contributed by atoms with Gasteiger partial charge in [-0.3, -0.25) is 9.59 Å². The maximum Gasteiger partial charge on any atom is 0.251 e. The largest absolute Gasteiger partial charge is 0.368 e. The Balaban J connectivity index is 1.79. The molecule has 0 aromatic heterocycles. The first-order valence-corrected chi connectivity index (χ1v) is 11.5. The monoisotopic (exact) mass is 429 g/mol. The van der Waals surface area contributed by atoms with Gasteiger partial charge in [-0.2, -0.15) is 4.31 Å². The highest BCUT2D eigenvalue weighted by atomic mass is 32.2. The molecule has 3 N–H and O–H groups in total. The number of sulfonamides is 1. The molecule has 0 aliphatic carbocycles. The second-order valence-corrected chi connectivity index (χ2v) is 9.50. The van der Waals surface area contributed by atoms with Gasteiger partial charge in [0.05, 0.1) is 4.90 Å². The van der Waals surface area contributed by atoms with E-state index in [1.165, 1.54) is 28.6 Å². The number of benzene rings is 2. The van der Waals surface area contributed by atoms with Crippen molar-refractivity contribution in [1.82, 2.24) is 9.62 Å². The fourth-order valence-electron chi connectivity index (χ4n) is 3.68. The van der Waals surface area contributed by atoms with E-state index < -0.39 is 27.9 Å². The van der Waals surface area contributed by atoms with E-state index in [1.54, 1.807) is 0 Å². The van der Waals surface area contributed by atoms with Gasteiger partial charge in [0.2, 0.25) is 15.9 Å². The number of hydrogen-bond donors (Lipinski definition) is 2. The van der Waals surface area contributed by atoms with Crippen molar-refractivity contribution in [2.45, 2.75) is 49.6 Å². The van der Waals surface area contributed by atoms with Crippen molar-refractivity contribution in [1.29, 1.82) is 0 Å². The van der Waals surface area contributed by atoms with Gasteiger partial charge in [-0.1, -0.05) is 42.8 Å². The number of nitrogens with zero attached hydrogens (tertiary/aromatic N) is 1. The maximum atomic E-state index is 13.1. The lowest BCUT2D eigenvalue weighted by Gasteiger charge is -2.32. The van der Waals surface area contributed by atoms with Crippen LogP contribution in [0.1, 0.15) is 42.1 Å². The Kier molecular flexibility index (Phi) is 6.89. The molecule has 0 radical (unpaired) electrons. The Labute approximate surface area is 177 Å². The fraction of sp³-hybridized carbons (Fsp3) is 0.364. The molecule has 2 amide bonds. The highest BCUT2D eigenvalue weighted by Gasteiger charge is 2.31. The number of amides is 2. The number of rotatable bonds is 7. The molecule has 2 aromatic carbocycles. The van der Waals surface area contributed by atoms with Crippen LogP contribution in [-0.2, 0) is 21.2 Å². The van der Waals surface area contributed by atoms with E-state index in [2.05, 4.69) is 5.32 Å². The van der Waals surface area contributed by atoms with Gasteiger partial charge in [-0.15, -0.1) is 0 Å². The predicted octanol–water partition coefficient (Wildman–Crippen LogP) is 2.08. The number of carbonyl (C=O) groups is 2. The zero-order valence-corrected chi connectivity index (χ0v) is 17.8. The molecule has 7 nitrogen and oxygen atoms in total. The van der Waals surface area contributed by atoms with Crippen molar-refractivity contribution >= 4 is 21.8 Å². The molecule has 1 saturated heterocycles. The Bertz CT molecular complexity index is 1010. The van der Waals surface area contributed by atoms with Gasteiger partial charge in [-0.05, 0) is 43.5 Å². The van der Waals surface area contributed by atoms with Gasteiger partial charge in [-0.25, -0.2) is 8.42 Å². The zero-order valence-electron chi connectivity index (χ0n) is 17.0. The first-order chi connectivity index (χ1) is 14.3. The van der Waals surface area contributed by atoms with Crippen LogP contribution in [0, 0.1) is 0 Å². The van der Waals surface area contributed by atoms with E-state index >= 15 is 0 Å². The highest BCUT2D eigenvalue weighted by Crippen LogP contribution is 2.25. The average Bonchev–Trinajstić information content (AvgIpc) is 2.74. The zero-order chi connectivity index (χ0) is 21.7. The molecular weight excluding hydrogens is 402 g/mol. The van der Waals surface area contributed by atoms with Crippen LogP contribution in [0.5, 0.6) is 0 Å². The van der Waals surface area contributed by atoms with Crippen molar-refractivity contribution in [3.05, 3.63) is 65.7 Å². The Hall–Kier alpha value is -2.71. The highest BCUT2D eigenvalue weighted by molar-refractivity contribution is 7.89. The van der Waals surface area contributed by atoms with Crippen LogP contribution in [0.15, 0.2) is 59.5 Å². The minimum Gasteiger partial charge on any atom is -0.368 e. The number of hydrogen-bond acceptors (Lipinski definition) is 4. The van der Waals surface area contributed by atoms with Gasteiger partial charge < -0.3 is 11.1 Å². The fourth-order valence-corrected chi connectivity index (χ4v) is 5.42. The molecule has 1 aliphatic rings. The minimum atomic E-state index is -3.70. The molecule has 0 saturated carbocycles. The molecule has 0 spiro atoms. The van der Waals surface area contributed by atoms with Crippen molar-refractivity contribution in [2.75, 3.05) is 6.54 Å². The van der Waals surface area contributed by atoms with E-state index in [4.69, 9.17) is 5.73 Å². The van der Waals surface area contributed by atoms with Gasteiger partial charge >= 0.3 is 0 Å². The van der Waals surface area contributed by atoms with Crippen molar-refractivity contribution in [3.63, 3.8) is 0 Å². The van der Waals surface area contributed by atoms with E-state index in [1.807, 2.05) is 37.3 Å². The molecule has 160 valence electrons. The van der Waals surface area contributed by atoms with E-state index in [-0.39, 0.29) is 22.9 Å². The van der Waals surface area contributed by atoms with Crippen LogP contribution in [0.4, 0.5) is 0 Å². The normalized spacial score (nSPS) is 18.5. The number of nitrogens with one attached hydrogen (secondary N) is 1. The number of primary amides is 1. The lowest BCUT2D eigenvalue weighted by Crippen LogP contribution is -2.46. The Morgan fingerprint density at radius 3 is 2.53 bits per heavy atom. The van der Waals surface area contributed by atoms with Crippen LogP contribution in [-0.4, -0.2) is 43.2 Å². The molecule has 3 rings (SSSR count). The maximum absolute atomic E-state index is 13.1. The summed E-state index contributed by atoms with van der Waals surface area (Å²) in [5, 5.41) is 2.63. The molecule has 2 unspecified atom stereocenters. The minimum absolute atomic E-state index is 0.0718. The molecule has 2 atom stereocenters. The lowest BCUT2D eigenvalue weighted by atomic mass is 10.0. The number of nitrogens with two attached hydrogens (primary N) is 1. The van der Waals surface area contributed by atoms with Crippen LogP contribution >= 0.6 is 0 Å². The van der Waals surface area contributed by atoms with Gasteiger partial charge in [0.25, 0.3) is 5.91 Å². The molecular formula is C22H27N3O4S. The third kappa shape index (κ3) is 5.06. The van der Waals surface area contributed by atoms with Crippen LogP contribution in [0.2, 0.25) is 0 Å². The van der Waals surface area contributed by atoms with Crippen molar-refractivity contribution in [3.8, 4) is 0 Å². The average molecular weight is 430 g/mol. The van der Waals surface area contributed by atoms with Crippen LogP contribution < -0.4 is 11.1 Å². The third-order valence-corrected chi connectivity index (χ3v) is 7.39. The standard InChI is InChI=1S/C22H27N3O4S/c1-16-8-5-6-13-25(16)30(28,29)19-12-7-11-18(15-19)22(27)24-20(21(23)26)14-17-9-3-2-4-10-17/h2-4,7,9-12,15-16,20H,5-6,8,13-14H2,1H3,(H2,23,26)(H,24,27). The van der Waals surface area contributed by atoms with Crippen LogP contribution in [0.3, 0.4) is 0 Å². The molecule has 0 bridgehead atoms. The molecule has 30 heavy (non-hydrogen) atoms. The third-order valence-electron chi connectivity index (χ3n) is 5.38. The summed E-state index contributed by atoms with van der Waals surface area (Å²) >= 11 is 0. The summed E-state index contributed by atoms with van der Waals surface area (Å²) in [6, 6.07) is 14.1. The summed E-state index contributed by atoms with van der Waals surface area (Å²) in [5.74, 6) is -1.20. The topological polar surface area (TPSA) is 110 Å². The summed E-state index contributed by atoms with van der Waals surface area (Å²) in [6.45, 7) is 2.37. The molecule has 1 heterocycles. The second-order valence-electron chi connectivity index (χ2n) is 7.61. The molecule has 2 aromatic rings. The van der Waals surface area contributed by atoms with E-state index in [9.17, 15) is 18.0 Å². The van der Waals surface area contributed by atoms with Crippen molar-refractivity contribution in [2.24, 2.45) is 5.73 Å². The summed E-state index contributed by atoms with van der Waals surface area (Å²) < 4.78 is 27.6. The SMILES string of the molecule is CC1CCCCN1S(=O)(=O)c1cccc(C(=O)NC(Cc2ccccc2)C(N)=O)c1. The van der Waals surface area contributed by atoms with Gasteiger partial charge in [0.1, 0.15) is 6.04 Å². The van der Waals surface area contributed by atoms with Gasteiger partial charge in [0.15, 0.2) is 0 Å². The Morgan fingerprint density at radius 2 is 1.87 bits per heavy atom. The molecule has 1 fully saturated rings. The lowest BCUT2D eigenvalue weighted by molar-refractivity contribution is -0.119. The first-order valence-electron chi connectivity index (χ1n) is 10.0. The van der Waals surface area contributed by atoms with Crippen LogP contribution in [0.25, 0.3) is 0 Å². The predicted molar refractivity (Wildman–Crippen MR) is 114 cm³/mol. The Morgan fingerprint density at radius 1 is 1.13 bits per heavy atom. The summed E-state index contributed by atoms with van der Waals surface area (Å²) in [7, 11) is -3.70. The summed E-state index contributed by atoms with van der Waals surface area (Å²) in [4.78, 5) is 24.7. The van der Waals surface area contributed by atoms with Crippen molar-refractivity contribution < 1.29 is 18.0 Å².